The van der Waals surface area contributed by atoms with Crippen LogP contribution in [0.5, 0.6) is 23.0 Å². The first kappa shape index (κ1) is 30.0. The van der Waals surface area contributed by atoms with E-state index in [0.717, 1.165) is 72.6 Å². The molecule has 0 N–H and O–H groups in total. The Morgan fingerprint density at radius 2 is 0.962 bits per heavy atom. The second-order valence-electron chi connectivity index (χ2n) is 13.8. The van der Waals surface area contributed by atoms with Crippen LogP contribution in [0.4, 0.5) is 0 Å². The van der Waals surface area contributed by atoms with E-state index in [1.165, 1.54) is 20.7 Å². The second-order valence-corrected chi connectivity index (χ2v) is 17.5. The molecule has 7 aromatic carbocycles. The van der Waals surface area contributed by atoms with Gasteiger partial charge in [-0.1, -0.05) is 146 Å². The first-order valence-electron chi connectivity index (χ1n) is 18.0. The van der Waals surface area contributed by atoms with Crippen LogP contribution in [0, 0.1) is 0 Å². The fourth-order valence-corrected chi connectivity index (χ4v) is 13.7. The molecule has 4 heterocycles. The van der Waals surface area contributed by atoms with Crippen molar-refractivity contribution >= 4 is 73.9 Å². The van der Waals surface area contributed by atoms with Crippen molar-refractivity contribution in [2.24, 2.45) is 0 Å². The summed E-state index contributed by atoms with van der Waals surface area (Å²) < 4.78 is 20.5. The van der Waals surface area contributed by atoms with Crippen molar-refractivity contribution in [2.45, 2.75) is 0 Å². The van der Waals surface area contributed by atoms with Gasteiger partial charge in [-0.15, -0.1) is 0 Å². The number of hydrogen-bond acceptors (Lipinski definition) is 4. The summed E-state index contributed by atoms with van der Waals surface area (Å²) in [4.78, 5) is 5.00. The number of rotatable bonds is 5. The molecular weight excluding hydrogens is 665 g/mol. The van der Waals surface area contributed by atoms with Crippen molar-refractivity contribution in [1.29, 1.82) is 0 Å². The highest BCUT2D eigenvalue weighted by Crippen LogP contribution is 2.41. The molecule has 9 aromatic rings. The minimum atomic E-state index is -2.88. The van der Waals surface area contributed by atoms with Gasteiger partial charge in [-0.25, -0.2) is 0 Å². The van der Waals surface area contributed by atoms with E-state index in [1.54, 1.807) is 0 Å². The Morgan fingerprint density at radius 3 is 1.53 bits per heavy atom. The molecule has 0 amide bonds. The number of hydrogen-bond donors (Lipinski definition) is 0. The van der Waals surface area contributed by atoms with E-state index < -0.39 is 8.07 Å². The third-order valence-electron chi connectivity index (χ3n) is 11.0. The van der Waals surface area contributed by atoms with Crippen molar-refractivity contribution in [1.82, 2.24) is 4.98 Å². The van der Waals surface area contributed by atoms with Gasteiger partial charge in [0.1, 0.15) is 34.3 Å². The highest BCUT2D eigenvalue weighted by atomic mass is 28.3. The molecule has 0 atom stereocenters. The predicted octanol–water partition coefficient (Wildman–Crippen LogP) is 6.75. The van der Waals surface area contributed by atoms with Crippen LogP contribution >= 0.6 is 0 Å². The average molecular weight is 696 g/mol. The van der Waals surface area contributed by atoms with Crippen LogP contribution < -0.4 is 46.6 Å². The van der Waals surface area contributed by atoms with Crippen molar-refractivity contribution < 1.29 is 13.9 Å². The minimum absolute atomic E-state index is 0.00787. The lowest BCUT2D eigenvalue weighted by Crippen LogP contribution is -2.74. The van der Waals surface area contributed by atoms with Gasteiger partial charge in [-0.05, 0) is 62.0 Å². The maximum atomic E-state index is 7.20. The normalized spacial score (nSPS) is 12.8. The van der Waals surface area contributed by atoms with Crippen molar-refractivity contribution in [3.8, 4) is 34.3 Å². The molecule has 0 saturated heterocycles. The summed E-state index contributed by atoms with van der Waals surface area (Å²) >= 11 is 0. The number of benzene rings is 7. The summed E-state index contributed by atoms with van der Waals surface area (Å²) in [5.41, 5.74) is 6.56. The van der Waals surface area contributed by atoms with Crippen molar-refractivity contribution in [3.05, 3.63) is 182 Å². The molecular formula is C47H30BNO3Si. The Hall–Kier alpha value is -6.63. The predicted molar refractivity (Wildman–Crippen MR) is 218 cm³/mol. The van der Waals surface area contributed by atoms with Crippen molar-refractivity contribution in [3.63, 3.8) is 0 Å². The molecule has 0 bridgehead atoms. The summed E-state index contributed by atoms with van der Waals surface area (Å²) in [5, 5.41) is 7.16. The van der Waals surface area contributed by atoms with Crippen LogP contribution in [0.15, 0.2) is 187 Å². The van der Waals surface area contributed by atoms with Crippen molar-refractivity contribution in [2.75, 3.05) is 0 Å². The maximum absolute atomic E-state index is 7.20. The average Bonchev–Trinajstić information content (AvgIpc) is 3.62. The Kier molecular flexibility index (Phi) is 6.63. The van der Waals surface area contributed by atoms with Crippen LogP contribution in [-0.2, 0) is 0 Å². The summed E-state index contributed by atoms with van der Waals surface area (Å²) in [6.07, 6.45) is 1.88. The van der Waals surface area contributed by atoms with Crippen LogP contribution in [0.25, 0.3) is 33.2 Å². The summed E-state index contributed by atoms with van der Waals surface area (Å²) in [7, 11) is -2.88. The molecule has 0 unspecified atom stereocenters. The molecule has 11 rings (SSSR count). The van der Waals surface area contributed by atoms with Gasteiger partial charge in [0.25, 0.3) is 6.71 Å². The zero-order valence-electron chi connectivity index (χ0n) is 28.6. The number of nitrogens with zero attached hydrogens (tertiary/aromatic N) is 1. The summed E-state index contributed by atoms with van der Waals surface area (Å²) in [6.45, 7) is 0.00787. The molecule has 0 saturated carbocycles. The number of para-hydroxylation sites is 3. The molecule has 4 nitrogen and oxygen atoms in total. The van der Waals surface area contributed by atoms with Gasteiger partial charge < -0.3 is 13.9 Å². The largest absolute Gasteiger partial charge is 0.458 e. The van der Waals surface area contributed by atoms with Gasteiger partial charge in [0.15, 0.2) is 13.7 Å². The Balaban J connectivity index is 1.17. The second kappa shape index (κ2) is 11.7. The lowest BCUT2D eigenvalue weighted by molar-refractivity contribution is 0.465. The Bertz CT molecular complexity index is 2690. The molecule has 2 aromatic heterocycles. The molecule has 2 aliphatic rings. The molecule has 53 heavy (non-hydrogen) atoms. The highest BCUT2D eigenvalue weighted by Gasteiger charge is 2.44. The number of aromatic nitrogens is 1. The first-order chi connectivity index (χ1) is 26.3. The van der Waals surface area contributed by atoms with Gasteiger partial charge in [-0.2, -0.15) is 0 Å². The quantitative estimate of drug-likeness (QED) is 0.148. The van der Waals surface area contributed by atoms with Gasteiger partial charge in [0, 0.05) is 28.0 Å². The first-order valence-corrected chi connectivity index (χ1v) is 20.0. The van der Waals surface area contributed by atoms with Crippen LogP contribution in [-0.4, -0.2) is 19.8 Å². The van der Waals surface area contributed by atoms with Crippen LogP contribution in [0.3, 0.4) is 0 Å². The van der Waals surface area contributed by atoms with Gasteiger partial charge in [-0.3, -0.25) is 4.98 Å². The third-order valence-corrected chi connectivity index (χ3v) is 15.8. The fourth-order valence-electron chi connectivity index (χ4n) is 8.79. The monoisotopic (exact) mass is 695 g/mol. The zero-order chi connectivity index (χ0) is 34.9. The standard InChI is InChI=1S/C47H30BNO3Si/c1-4-15-32(16-5-1)53(33-17-6-2-7-18-33,34-19-8-3-9-20-34)43-26-14-21-35-36-27-28-49-45(47(36)52-46(35)43)31-29-41-44-42(30-31)51-40-25-13-11-23-38(40)48(44)37-22-10-12-24-39(37)50-41/h1-30H. The topological polar surface area (TPSA) is 44.5 Å². The molecule has 2 aliphatic heterocycles. The summed E-state index contributed by atoms with van der Waals surface area (Å²) in [5.74, 6) is 3.26. The number of fused-ring (bicyclic) bond motifs is 7. The minimum Gasteiger partial charge on any atom is -0.458 e. The molecule has 6 heteroatoms. The van der Waals surface area contributed by atoms with Crippen LogP contribution in [0.2, 0.25) is 0 Å². The molecule has 0 radical (unpaired) electrons. The Morgan fingerprint density at radius 1 is 0.453 bits per heavy atom. The van der Waals surface area contributed by atoms with E-state index in [0.29, 0.717) is 0 Å². The third kappa shape index (κ3) is 4.39. The SMILES string of the molecule is c1ccc([Si](c2ccccc2)(c2ccccc2)c2cccc3c2oc2c(-c4cc5c6c(c4)Oc4ccccc4B6c4ccccc4O5)nccc23)cc1. The van der Waals surface area contributed by atoms with E-state index in [4.69, 9.17) is 18.9 Å². The highest BCUT2D eigenvalue weighted by molar-refractivity contribution is 7.20. The van der Waals surface area contributed by atoms with Crippen LogP contribution in [0.1, 0.15) is 0 Å². The van der Waals surface area contributed by atoms with Gasteiger partial charge in [0.05, 0.1) is 0 Å². The molecule has 0 spiro atoms. The zero-order valence-corrected chi connectivity index (χ0v) is 29.6. The molecule has 248 valence electrons. The smallest absolute Gasteiger partial charge is 0.260 e. The Labute approximate surface area is 308 Å². The number of pyridine rings is 1. The van der Waals surface area contributed by atoms with Gasteiger partial charge in [0.2, 0.25) is 0 Å². The van der Waals surface area contributed by atoms with Gasteiger partial charge >= 0.3 is 0 Å². The lowest BCUT2D eigenvalue weighted by Gasteiger charge is -2.34. The van der Waals surface area contributed by atoms with E-state index >= 15 is 0 Å². The molecule has 0 aliphatic carbocycles. The van der Waals surface area contributed by atoms with E-state index in [-0.39, 0.29) is 6.71 Å². The fraction of sp³-hybridized carbons (Fsp3) is 0. The number of furan rings is 1. The maximum Gasteiger partial charge on any atom is 0.260 e. The van der Waals surface area contributed by atoms with E-state index in [9.17, 15) is 0 Å². The number of ether oxygens (including phenoxy) is 2. The van der Waals surface area contributed by atoms with E-state index in [2.05, 4.69) is 152 Å². The lowest BCUT2D eigenvalue weighted by atomic mass is 9.35. The summed E-state index contributed by atoms with van der Waals surface area (Å²) in [6, 6.07) is 62.4. The molecule has 0 fully saturated rings. The van der Waals surface area contributed by atoms with E-state index in [1.807, 2.05) is 30.5 Å².